The van der Waals surface area contributed by atoms with Crippen LogP contribution in [0.5, 0.6) is 5.75 Å². The second kappa shape index (κ2) is 6.38. The molecule has 0 aliphatic rings. The summed E-state index contributed by atoms with van der Waals surface area (Å²) in [7, 11) is 0. The molecule has 2 heterocycles. The Morgan fingerprint density at radius 1 is 1.22 bits per heavy atom. The topological polar surface area (TPSA) is 50.9 Å². The van der Waals surface area contributed by atoms with E-state index in [0.717, 1.165) is 41.0 Å². The van der Waals surface area contributed by atoms with Crippen molar-refractivity contribution < 1.29 is 5.11 Å². The summed E-state index contributed by atoms with van der Waals surface area (Å²) in [5, 5.41) is 10.2. The standard InChI is InChI=1S/C17H17Cl2N3O/c1-3-4-14-21-15-10(2)5-6-20-17(15)22(14)9-11-7-12(18)16(23)13(19)8-11/h5-8,23H,3-4,9H2,1-2H3. The summed E-state index contributed by atoms with van der Waals surface area (Å²) in [6, 6.07) is 5.41. The highest BCUT2D eigenvalue weighted by Gasteiger charge is 2.14. The maximum atomic E-state index is 9.71. The largest absolute Gasteiger partial charge is 0.505 e. The molecular formula is C17H17Cl2N3O. The lowest BCUT2D eigenvalue weighted by Gasteiger charge is -2.10. The van der Waals surface area contributed by atoms with Gasteiger partial charge < -0.3 is 9.67 Å². The molecule has 0 saturated heterocycles. The highest BCUT2D eigenvalue weighted by Crippen LogP contribution is 2.33. The molecule has 0 radical (unpaired) electrons. The molecule has 23 heavy (non-hydrogen) atoms. The highest BCUT2D eigenvalue weighted by atomic mass is 35.5. The minimum absolute atomic E-state index is 0.0877. The fraction of sp³-hybridized carbons (Fsp3) is 0.294. The Balaban J connectivity index is 2.12. The molecule has 0 bridgehead atoms. The number of imidazole rings is 1. The van der Waals surface area contributed by atoms with Crippen molar-refractivity contribution in [2.24, 2.45) is 0 Å². The fourth-order valence-electron chi connectivity index (χ4n) is 2.66. The van der Waals surface area contributed by atoms with Crippen LogP contribution < -0.4 is 0 Å². The number of aromatic nitrogens is 3. The smallest absolute Gasteiger partial charge is 0.160 e. The number of rotatable bonds is 4. The molecule has 0 unspecified atom stereocenters. The maximum Gasteiger partial charge on any atom is 0.160 e. The highest BCUT2D eigenvalue weighted by molar-refractivity contribution is 6.37. The lowest BCUT2D eigenvalue weighted by atomic mass is 10.2. The number of phenols is 1. The number of nitrogens with zero attached hydrogens (tertiary/aromatic N) is 3. The SMILES string of the molecule is CCCc1nc2c(C)ccnc2n1Cc1cc(Cl)c(O)c(Cl)c1. The first-order valence-electron chi connectivity index (χ1n) is 7.48. The Morgan fingerprint density at radius 2 is 1.91 bits per heavy atom. The summed E-state index contributed by atoms with van der Waals surface area (Å²) in [5.74, 6) is 0.903. The Hall–Kier alpha value is -1.78. The molecule has 0 atom stereocenters. The Bertz CT molecular complexity index is 851. The number of benzene rings is 1. The van der Waals surface area contributed by atoms with Crippen LogP contribution in [0.1, 0.15) is 30.3 Å². The van der Waals surface area contributed by atoms with Crippen molar-refractivity contribution >= 4 is 34.4 Å². The van der Waals surface area contributed by atoms with E-state index in [9.17, 15) is 5.11 Å². The lowest BCUT2D eigenvalue weighted by Crippen LogP contribution is -2.06. The van der Waals surface area contributed by atoms with Crippen LogP contribution in [0.25, 0.3) is 11.2 Å². The van der Waals surface area contributed by atoms with Crippen LogP contribution in [0.3, 0.4) is 0 Å². The average molecular weight is 350 g/mol. The van der Waals surface area contributed by atoms with Gasteiger partial charge in [0.25, 0.3) is 0 Å². The zero-order valence-corrected chi connectivity index (χ0v) is 14.5. The van der Waals surface area contributed by atoms with Crippen molar-refractivity contribution in [2.45, 2.75) is 33.2 Å². The lowest BCUT2D eigenvalue weighted by molar-refractivity contribution is 0.475. The number of pyridine rings is 1. The van der Waals surface area contributed by atoms with E-state index < -0.39 is 0 Å². The van der Waals surface area contributed by atoms with Gasteiger partial charge in [-0.25, -0.2) is 9.97 Å². The van der Waals surface area contributed by atoms with E-state index in [2.05, 4.69) is 16.5 Å². The molecule has 6 heteroatoms. The van der Waals surface area contributed by atoms with Crippen molar-refractivity contribution in [1.82, 2.24) is 14.5 Å². The van der Waals surface area contributed by atoms with Crippen molar-refractivity contribution in [3.63, 3.8) is 0 Å². The predicted molar refractivity (Wildman–Crippen MR) is 93.5 cm³/mol. The molecule has 2 aromatic heterocycles. The zero-order valence-electron chi connectivity index (χ0n) is 13.0. The van der Waals surface area contributed by atoms with Gasteiger partial charge in [0.05, 0.1) is 16.6 Å². The van der Waals surface area contributed by atoms with Gasteiger partial charge in [0, 0.05) is 12.6 Å². The third-order valence-electron chi connectivity index (χ3n) is 3.81. The molecule has 0 aliphatic carbocycles. The number of fused-ring (bicyclic) bond motifs is 1. The number of hydrogen-bond donors (Lipinski definition) is 1. The number of aryl methyl sites for hydroxylation is 2. The van der Waals surface area contributed by atoms with Crippen molar-refractivity contribution in [3.05, 3.63) is 51.4 Å². The van der Waals surface area contributed by atoms with E-state index in [4.69, 9.17) is 28.2 Å². The van der Waals surface area contributed by atoms with Crippen LogP contribution in [0.4, 0.5) is 0 Å². The summed E-state index contributed by atoms with van der Waals surface area (Å²) in [4.78, 5) is 9.23. The summed E-state index contributed by atoms with van der Waals surface area (Å²) in [6.07, 6.45) is 3.66. The summed E-state index contributed by atoms with van der Waals surface area (Å²) in [6.45, 7) is 4.71. The zero-order chi connectivity index (χ0) is 16.6. The normalized spacial score (nSPS) is 11.3. The number of hydrogen-bond acceptors (Lipinski definition) is 3. The molecule has 0 spiro atoms. The Morgan fingerprint density at radius 3 is 2.57 bits per heavy atom. The van der Waals surface area contributed by atoms with Gasteiger partial charge in [-0.1, -0.05) is 30.1 Å². The molecular weight excluding hydrogens is 333 g/mol. The Kier molecular flexibility index (Phi) is 4.46. The molecule has 0 saturated carbocycles. The molecule has 4 nitrogen and oxygen atoms in total. The van der Waals surface area contributed by atoms with Crippen LogP contribution in [-0.4, -0.2) is 19.6 Å². The molecule has 3 rings (SSSR count). The van der Waals surface area contributed by atoms with Crippen LogP contribution in [0, 0.1) is 6.92 Å². The third-order valence-corrected chi connectivity index (χ3v) is 4.38. The van der Waals surface area contributed by atoms with Crippen molar-refractivity contribution in [1.29, 1.82) is 0 Å². The minimum Gasteiger partial charge on any atom is -0.505 e. The van der Waals surface area contributed by atoms with Gasteiger partial charge >= 0.3 is 0 Å². The van der Waals surface area contributed by atoms with Crippen LogP contribution in [0.2, 0.25) is 10.0 Å². The average Bonchev–Trinajstić information content (AvgIpc) is 2.85. The second-order valence-electron chi connectivity index (χ2n) is 5.57. The minimum atomic E-state index is -0.0877. The van der Waals surface area contributed by atoms with E-state index in [-0.39, 0.29) is 15.8 Å². The van der Waals surface area contributed by atoms with Gasteiger partial charge in [0.1, 0.15) is 11.3 Å². The molecule has 1 aromatic carbocycles. The first kappa shape index (κ1) is 16.1. The van der Waals surface area contributed by atoms with Gasteiger partial charge in [0.2, 0.25) is 0 Å². The van der Waals surface area contributed by atoms with Crippen molar-refractivity contribution in [3.8, 4) is 5.75 Å². The van der Waals surface area contributed by atoms with Gasteiger partial charge in [-0.15, -0.1) is 0 Å². The molecule has 0 aliphatic heterocycles. The summed E-state index contributed by atoms with van der Waals surface area (Å²) >= 11 is 12.1. The van der Waals surface area contributed by atoms with Gasteiger partial charge in [-0.3, -0.25) is 0 Å². The number of halogens is 2. The summed E-state index contributed by atoms with van der Waals surface area (Å²) in [5.41, 5.74) is 3.78. The Labute approximate surface area is 144 Å². The van der Waals surface area contributed by atoms with Gasteiger partial charge in [-0.05, 0) is 42.7 Å². The molecule has 0 amide bonds. The fourth-order valence-corrected chi connectivity index (χ4v) is 3.19. The number of aromatic hydroxyl groups is 1. The van der Waals surface area contributed by atoms with Gasteiger partial charge in [-0.2, -0.15) is 0 Å². The van der Waals surface area contributed by atoms with E-state index in [1.54, 1.807) is 18.3 Å². The maximum absolute atomic E-state index is 9.71. The van der Waals surface area contributed by atoms with E-state index >= 15 is 0 Å². The molecule has 3 aromatic rings. The van der Waals surface area contributed by atoms with Gasteiger partial charge in [0.15, 0.2) is 11.4 Å². The van der Waals surface area contributed by atoms with Crippen LogP contribution >= 0.6 is 23.2 Å². The summed E-state index contributed by atoms with van der Waals surface area (Å²) < 4.78 is 2.09. The quantitative estimate of drug-likeness (QED) is 0.739. The van der Waals surface area contributed by atoms with Crippen molar-refractivity contribution in [2.75, 3.05) is 0 Å². The van der Waals surface area contributed by atoms with E-state index in [0.29, 0.717) is 6.54 Å². The van der Waals surface area contributed by atoms with Crippen LogP contribution in [0.15, 0.2) is 24.4 Å². The first-order valence-corrected chi connectivity index (χ1v) is 8.24. The molecule has 120 valence electrons. The first-order chi connectivity index (χ1) is 11.0. The van der Waals surface area contributed by atoms with Crippen LogP contribution in [-0.2, 0) is 13.0 Å². The molecule has 0 fully saturated rings. The predicted octanol–water partition coefficient (Wildman–Crippen LogP) is 4.75. The number of phenolic OH excluding ortho intramolecular Hbond substituents is 1. The van der Waals surface area contributed by atoms with E-state index in [1.165, 1.54) is 0 Å². The third kappa shape index (κ3) is 3.01. The second-order valence-corrected chi connectivity index (χ2v) is 6.39. The molecule has 1 N–H and O–H groups in total. The van der Waals surface area contributed by atoms with E-state index in [1.807, 2.05) is 13.0 Å². The monoisotopic (exact) mass is 349 g/mol.